The molecular formula is C24H24N4O4S. The molecule has 0 amide bonds. The molecule has 3 aromatic rings. The highest BCUT2D eigenvalue weighted by molar-refractivity contribution is 7.80. The number of carbonyl (C=O) groups excluding carboxylic acids is 2. The quantitative estimate of drug-likeness (QED) is 0.422. The standard InChI is InChI=1S/C24H24N4O4S/c1-3-32-20(29)15-28-22(21(26-24(28)33)18-10-4-5-12-25-18)19-11-7-13-27(19)17-9-6-8-16(14-17)23(30)31-2/h4-14,21-22H,3,15H2,1-2H3,(H,26,33)/t21-,22-/m1/s1. The molecule has 1 N–H and O–H groups in total. The highest BCUT2D eigenvalue weighted by Crippen LogP contribution is 2.39. The molecule has 8 nitrogen and oxygen atoms in total. The van der Waals surface area contributed by atoms with Crippen molar-refractivity contribution >= 4 is 29.3 Å². The molecule has 3 heterocycles. The lowest BCUT2D eigenvalue weighted by Crippen LogP contribution is -2.36. The van der Waals surface area contributed by atoms with Crippen molar-refractivity contribution in [3.05, 3.63) is 83.9 Å². The minimum absolute atomic E-state index is 0.00105. The number of nitrogens with one attached hydrogen (secondary N) is 1. The lowest BCUT2D eigenvalue weighted by atomic mass is 10.0. The maximum absolute atomic E-state index is 12.4. The third-order valence-corrected chi connectivity index (χ3v) is 5.78. The molecular weight excluding hydrogens is 440 g/mol. The van der Waals surface area contributed by atoms with Crippen LogP contribution in [-0.4, -0.2) is 51.8 Å². The van der Waals surface area contributed by atoms with Gasteiger partial charge < -0.3 is 24.3 Å². The van der Waals surface area contributed by atoms with Crippen LogP contribution >= 0.6 is 12.2 Å². The minimum Gasteiger partial charge on any atom is -0.465 e. The number of hydrogen-bond donors (Lipinski definition) is 1. The molecule has 0 radical (unpaired) electrons. The number of benzene rings is 1. The van der Waals surface area contributed by atoms with Crippen molar-refractivity contribution in [3.63, 3.8) is 0 Å². The van der Waals surface area contributed by atoms with Gasteiger partial charge in [-0.1, -0.05) is 12.1 Å². The van der Waals surface area contributed by atoms with Crippen LogP contribution in [0.3, 0.4) is 0 Å². The third-order valence-electron chi connectivity index (χ3n) is 5.43. The Morgan fingerprint density at radius 2 is 2.00 bits per heavy atom. The number of ether oxygens (including phenoxy) is 2. The molecule has 1 aromatic carbocycles. The molecule has 2 atom stereocenters. The Balaban J connectivity index is 1.78. The molecule has 0 spiro atoms. The maximum atomic E-state index is 12.4. The summed E-state index contributed by atoms with van der Waals surface area (Å²) in [6.45, 7) is 2.06. The molecule has 0 aliphatic carbocycles. The molecule has 1 aliphatic heterocycles. The van der Waals surface area contributed by atoms with Gasteiger partial charge in [0.1, 0.15) is 6.54 Å². The lowest BCUT2D eigenvalue weighted by Gasteiger charge is -2.28. The zero-order valence-electron chi connectivity index (χ0n) is 18.3. The summed E-state index contributed by atoms with van der Waals surface area (Å²) in [7, 11) is 1.35. The number of aromatic nitrogens is 2. The molecule has 0 saturated carbocycles. The van der Waals surface area contributed by atoms with Gasteiger partial charge >= 0.3 is 11.9 Å². The van der Waals surface area contributed by atoms with Gasteiger partial charge in [-0.15, -0.1) is 0 Å². The fourth-order valence-electron chi connectivity index (χ4n) is 4.01. The number of nitrogens with zero attached hydrogens (tertiary/aromatic N) is 3. The summed E-state index contributed by atoms with van der Waals surface area (Å²) < 4.78 is 12.0. The Morgan fingerprint density at radius 1 is 1.15 bits per heavy atom. The van der Waals surface area contributed by atoms with Crippen molar-refractivity contribution in [2.75, 3.05) is 20.3 Å². The van der Waals surface area contributed by atoms with E-state index in [1.807, 2.05) is 52.1 Å². The minimum atomic E-state index is -0.412. The molecule has 0 unspecified atom stereocenters. The van der Waals surface area contributed by atoms with Crippen LogP contribution in [0.15, 0.2) is 67.0 Å². The topological polar surface area (TPSA) is 85.7 Å². The third kappa shape index (κ3) is 4.58. The van der Waals surface area contributed by atoms with E-state index < -0.39 is 5.97 Å². The molecule has 33 heavy (non-hydrogen) atoms. The van der Waals surface area contributed by atoms with E-state index in [0.717, 1.165) is 17.1 Å². The fraction of sp³-hybridized carbons (Fsp3) is 0.250. The van der Waals surface area contributed by atoms with Crippen LogP contribution in [0.1, 0.15) is 40.8 Å². The number of pyridine rings is 1. The van der Waals surface area contributed by atoms with Crippen molar-refractivity contribution in [1.29, 1.82) is 0 Å². The summed E-state index contributed by atoms with van der Waals surface area (Å²) in [5.41, 5.74) is 2.91. The first-order chi connectivity index (χ1) is 16.0. The van der Waals surface area contributed by atoms with Crippen molar-refractivity contribution in [1.82, 2.24) is 19.8 Å². The Morgan fingerprint density at radius 3 is 2.73 bits per heavy atom. The van der Waals surface area contributed by atoms with Gasteiger partial charge in [0.25, 0.3) is 0 Å². The number of methoxy groups -OCH3 is 1. The van der Waals surface area contributed by atoms with Gasteiger partial charge in [0, 0.05) is 23.8 Å². The number of esters is 2. The second-order valence-corrected chi connectivity index (χ2v) is 7.79. The molecule has 1 aliphatic rings. The molecule has 170 valence electrons. The second kappa shape index (κ2) is 9.83. The highest BCUT2D eigenvalue weighted by Gasteiger charge is 2.42. The van der Waals surface area contributed by atoms with Gasteiger partial charge in [-0.25, -0.2) is 4.79 Å². The lowest BCUT2D eigenvalue weighted by molar-refractivity contribution is -0.143. The maximum Gasteiger partial charge on any atom is 0.337 e. The zero-order chi connectivity index (χ0) is 23.4. The summed E-state index contributed by atoms with van der Waals surface area (Å²) in [5, 5.41) is 3.77. The van der Waals surface area contributed by atoms with E-state index in [-0.39, 0.29) is 31.2 Å². The van der Waals surface area contributed by atoms with Crippen molar-refractivity contribution in [3.8, 4) is 5.69 Å². The summed E-state index contributed by atoms with van der Waals surface area (Å²) in [6.07, 6.45) is 3.63. The van der Waals surface area contributed by atoms with Crippen molar-refractivity contribution in [2.24, 2.45) is 0 Å². The van der Waals surface area contributed by atoms with Crippen LogP contribution in [0.2, 0.25) is 0 Å². The van der Waals surface area contributed by atoms with Crippen LogP contribution in [0.25, 0.3) is 5.69 Å². The van der Waals surface area contributed by atoms with E-state index in [4.69, 9.17) is 21.7 Å². The average molecular weight is 465 g/mol. The van der Waals surface area contributed by atoms with Crippen LogP contribution in [0, 0.1) is 0 Å². The SMILES string of the molecule is CCOC(=O)CN1C(=S)N[C@H](c2ccccn2)[C@H]1c1cccn1-c1cccc(C(=O)OC)c1. The van der Waals surface area contributed by atoms with Crippen molar-refractivity contribution in [2.45, 2.75) is 19.0 Å². The molecule has 1 saturated heterocycles. The van der Waals surface area contributed by atoms with Gasteiger partial charge in [-0.05, 0) is 61.6 Å². The van der Waals surface area contributed by atoms with E-state index in [0.29, 0.717) is 10.7 Å². The van der Waals surface area contributed by atoms with E-state index in [1.54, 1.807) is 31.3 Å². The number of carbonyl (C=O) groups is 2. The normalized spacial score (nSPS) is 17.5. The predicted octanol–water partition coefficient (Wildman–Crippen LogP) is 3.19. The van der Waals surface area contributed by atoms with E-state index in [9.17, 15) is 9.59 Å². The smallest absolute Gasteiger partial charge is 0.337 e. The van der Waals surface area contributed by atoms with Crippen molar-refractivity contribution < 1.29 is 19.1 Å². The second-order valence-electron chi connectivity index (χ2n) is 7.40. The Kier molecular flexibility index (Phi) is 6.69. The first kappa shape index (κ1) is 22.5. The molecule has 0 bridgehead atoms. The number of rotatable bonds is 7. The van der Waals surface area contributed by atoms with Gasteiger partial charge in [0.2, 0.25) is 0 Å². The van der Waals surface area contributed by atoms with Crippen LogP contribution in [-0.2, 0) is 14.3 Å². The molecule has 9 heteroatoms. The Hall–Kier alpha value is -3.72. The van der Waals surface area contributed by atoms with Crippen LogP contribution in [0.4, 0.5) is 0 Å². The van der Waals surface area contributed by atoms with Gasteiger partial charge in [0.05, 0.1) is 37.1 Å². The first-order valence-corrected chi connectivity index (χ1v) is 10.9. The van der Waals surface area contributed by atoms with Gasteiger partial charge in [-0.2, -0.15) is 0 Å². The first-order valence-electron chi connectivity index (χ1n) is 10.5. The summed E-state index contributed by atoms with van der Waals surface area (Å²) in [4.78, 5) is 30.8. The number of thiocarbonyl (C=S) groups is 1. The van der Waals surface area contributed by atoms with Gasteiger partial charge in [-0.3, -0.25) is 9.78 Å². The van der Waals surface area contributed by atoms with Crippen LogP contribution in [0.5, 0.6) is 0 Å². The average Bonchev–Trinajstić information content (AvgIpc) is 3.44. The molecule has 1 fully saturated rings. The van der Waals surface area contributed by atoms with E-state index in [1.165, 1.54) is 7.11 Å². The van der Waals surface area contributed by atoms with E-state index in [2.05, 4.69) is 10.3 Å². The molecule has 4 rings (SSSR count). The molecule has 2 aromatic heterocycles. The largest absolute Gasteiger partial charge is 0.465 e. The summed E-state index contributed by atoms with van der Waals surface area (Å²) in [6, 6.07) is 16.1. The Bertz CT molecular complexity index is 1160. The Labute approximate surface area is 197 Å². The fourth-order valence-corrected chi connectivity index (χ4v) is 4.32. The predicted molar refractivity (Wildman–Crippen MR) is 126 cm³/mol. The highest BCUT2D eigenvalue weighted by atomic mass is 32.1. The van der Waals surface area contributed by atoms with E-state index >= 15 is 0 Å². The monoisotopic (exact) mass is 464 g/mol. The van der Waals surface area contributed by atoms with Crippen LogP contribution < -0.4 is 5.32 Å². The zero-order valence-corrected chi connectivity index (χ0v) is 19.1. The number of hydrogen-bond acceptors (Lipinski definition) is 6. The van der Waals surface area contributed by atoms with Gasteiger partial charge in [0.15, 0.2) is 5.11 Å². The summed E-state index contributed by atoms with van der Waals surface area (Å²) in [5.74, 6) is -0.774. The summed E-state index contributed by atoms with van der Waals surface area (Å²) >= 11 is 5.61.